The number of aliphatic hydroxyl groups is 3. The topological polar surface area (TPSA) is 187 Å². The maximum atomic E-state index is 13.2. The van der Waals surface area contributed by atoms with Crippen LogP contribution in [0.3, 0.4) is 0 Å². The van der Waals surface area contributed by atoms with Gasteiger partial charge in [0.2, 0.25) is 0 Å². The Labute approximate surface area is 289 Å². The monoisotopic (exact) mass is 698 g/mol. The van der Waals surface area contributed by atoms with E-state index in [1.165, 1.54) is 11.8 Å². The van der Waals surface area contributed by atoms with Gasteiger partial charge in [-0.05, 0) is 86.7 Å². The third-order valence-corrected chi connectivity index (χ3v) is 12.7. The lowest BCUT2D eigenvalue weighted by atomic mass is 9.45. The molecule has 4 aliphatic rings. The van der Waals surface area contributed by atoms with Crippen molar-refractivity contribution >= 4 is 29.3 Å². The first-order valence-corrected chi connectivity index (χ1v) is 18.8. The van der Waals surface area contributed by atoms with Crippen LogP contribution in [0.15, 0.2) is 10.5 Å². The normalized spacial score (nSPS) is 32.9. The highest BCUT2D eigenvalue weighted by Gasteiger charge is 2.68. The molecule has 0 amide bonds. The van der Waals surface area contributed by atoms with Crippen molar-refractivity contribution in [3.05, 3.63) is 10.5 Å². The zero-order chi connectivity index (χ0) is 34.8. The second-order valence-corrected chi connectivity index (χ2v) is 15.4. The van der Waals surface area contributed by atoms with Crippen molar-refractivity contribution in [2.75, 3.05) is 65.1 Å². The number of aliphatic hydroxyl groups excluding tert-OH is 2. The minimum absolute atomic E-state index is 0.0739. The Morgan fingerprint density at radius 2 is 1.67 bits per heavy atom. The van der Waals surface area contributed by atoms with E-state index in [1.807, 2.05) is 6.92 Å². The molecular weight excluding hydrogens is 640 g/mol. The second-order valence-electron chi connectivity index (χ2n) is 14.3. The van der Waals surface area contributed by atoms with Gasteiger partial charge in [-0.2, -0.15) is 5.48 Å². The molecule has 6 N–H and O–H groups in total. The summed E-state index contributed by atoms with van der Waals surface area (Å²) < 4.78 is 16.3. The Hall–Kier alpha value is -1.42. The van der Waals surface area contributed by atoms with Gasteiger partial charge in [0.25, 0.3) is 0 Å². The lowest BCUT2D eigenvalue weighted by Crippen LogP contribution is -2.61. The number of rotatable bonds is 21. The highest BCUT2D eigenvalue weighted by molar-refractivity contribution is 8.04. The first-order chi connectivity index (χ1) is 23.0. The van der Waals surface area contributed by atoms with Crippen LogP contribution in [0.1, 0.15) is 84.5 Å². The first kappa shape index (κ1) is 39.4. The molecule has 0 heterocycles. The molecule has 0 radical (unpaired) electrons. The van der Waals surface area contributed by atoms with Gasteiger partial charge in [-0.3, -0.25) is 14.4 Å². The number of ketones is 2. The van der Waals surface area contributed by atoms with Gasteiger partial charge >= 0.3 is 5.97 Å². The molecule has 274 valence electrons. The fraction of sp³-hybridized carbons (Fsp3) is 0.857. The van der Waals surface area contributed by atoms with E-state index in [0.29, 0.717) is 97.0 Å². The van der Waals surface area contributed by atoms with Crippen LogP contribution in [-0.2, 0) is 33.4 Å². The Bertz CT molecular complexity index is 1140. The fourth-order valence-corrected chi connectivity index (χ4v) is 10.4. The predicted octanol–water partition coefficient (Wildman–Crippen LogP) is 2.46. The fourth-order valence-electron chi connectivity index (χ4n) is 9.13. The second kappa shape index (κ2) is 18.2. The predicted molar refractivity (Wildman–Crippen MR) is 181 cm³/mol. The molecule has 4 rings (SSSR count). The SMILES string of the molecule is CC12CCC(=O)C(SCCC(=O)ONCCCOCCOCCOCCCN)=C1CCC1C2C(O)CC2(C)C1CC[C@]2(O)C(=O)CCO. The minimum atomic E-state index is -1.54. The van der Waals surface area contributed by atoms with Crippen molar-refractivity contribution in [2.24, 2.45) is 34.3 Å². The molecule has 4 aliphatic carbocycles. The number of Topliss-reactive ketones (excluding diaryl/α,β-unsaturated/α-hetero) is 2. The third-order valence-electron chi connectivity index (χ3n) is 11.5. The van der Waals surface area contributed by atoms with Gasteiger partial charge in [0.15, 0.2) is 11.6 Å². The van der Waals surface area contributed by atoms with E-state index < -0.39 is 23.1 Å². The molecule has 3 fully saturated rings. The zero-order valence-electron chi connectivity index (χ0n) is 28.8. The van der Waals surface area contributed by atoms with Gasteiger partial charge in [0.1, 0.15) is 5.60 Å². The average Bonchev–Trinajstić information content (AvgIpc) is 3.33. The zero-order valence-corrected chi connectivity index (χ0v) is 29.7. The number of thioether (sulfide) groups is 1. The summed E-state index contributed by atoms with van der Waals surface area (Å²) in [5.41, 5.74) is 6.53. The van der Waals surface area contributed by atoms with E-state index in [0.717, 1.165) is 29.7 Å². The highest BCUT2D eigenvalue weighted by atomic mass is 32.2. The van der Waals surface area contributed by atoms with E-state index in [2.05, 4.69) is 12.4 Å². The van der Waals surface area contributed by atoms with Crippen molar-refractivity contribution in [3.63, 3.8) is 0 Å². The van der Waals surface area contributed by atoms with Crippen LogP contribution in [0.25, 0.3) is 0 Å². The Morgan fingerprint density at radius 3 is 2.35 bits per heavy atom. The van der Waals surface area contributed by atoms with Crippen molar-refractivity contribution in [3.8, 4) is 0 Å². The number of nitrogens with one attached hydrogen (secondary N) is 1. The standard InChI is InChI=1S/C35H58N2O10S/c1-33-11-8-27(39)32(48-22-10-30(42)47-37-14-4-17-45-19-21-46-20-18-44-16-3-13-36)26(33)6-5-24-25-7-12-35(43,29(41)9-15-38)34(25,2)23-28(40)31(24)33/h24-25,28,31,37-38,40,43H,3-23,36H2,1-2H3/t24?,25?,28?,31?,33?,34?,35-/m0/s1. The maximum absolute atomic E-state index is 13.2. The summed E-state index contributed by atoms with van der Waals surface area (Å²) in [6.07, 6.45) is 4.78. The number of carbonyl (C=O) groups is 3. The molecule has 7 atom stereocenters. The molecule has 48 heavy (non-hydrogen) atoms. The number of fused-ring (bicyclic) bond motifs is 5. The molecule has 0 spiro atoms. The number of hydrogen-bond donors (Lipinski definition) is 5. The van der Waals surface area contributed by atoms with Gasteiger partial charge in [-0.1, -0.05) is 13.8 Å². The summed E-state index contributed by atoms with van der Waals surface area (Å²) in [5.74, 6) is -0.0808. The van der Waals surface area contributed by atoms with Crippen LogP contribution in [0.5, 0.6) is 0 Å². The molecule has 3 saturated carbocycles. The summed E-state index contributed by atoms with van der Waals surface area (Å²) in [7, 11) is 0. The van der Waals surface area contributed by atoms with Crippen LogP contribution in [0.2, 0.25) is 0 Å². The van der Waals surface area contributed by atoms with Gasteiger partial charge in [0.05, 0.1) is 50.5 Å². The van der Waals surface area contributed by atoms with E-state index >= 15 is 0 Å². The molecular formula is C35H58N2O10S. The average molecular weight is 699 g/mol. The lowest BCUT2D eigenvalue weighted by molar-refractivity contribution is -0.181. The third kappa shape index (κ3) is 8.71. The number of ether oxygens (including phenoxy) is 3. The van der Waals surface area contributed by atoms with Crippen LogP contribution in [0, 0.1) is 28.6 Å². The largest absolute Gasteiger partial charge is 0.396 e. The summed E-state index contributed by atoms with van der Waals surface area (Å²) in [6, 6.07) is 0. The van der Waals surface area contributed by atoms with Crippen molar-refractivity contribution < 1.29 is 48.8 Å². The molecule has 0 aliphatic heterocycles. The number of hydroxylamine groups is 1. The molecule has 0 aromatic carbocycles. The van der Waals surface area contributed by atoms with Crippen LogP contribution in [-0.4, -0.2) is 110 Å². The number of hydrogen-bond acceptors (Lipinski definition) is 13. The van der Waals surface area contributed by atoms with E-state index in [4.69, 9.17) is 24.8 Å². The van der Waals surface area contributed by atoms with Crippen molar-refractivity contribution in [1.29, 1.82) is 0 Å². The highest BCUT2D eigenvalue weighted by Crippen LogP contribution is 2.68. The number of nitrogens with two attached hydrogens (primary N) is 1. The van der Waals surface area contributed by atoms with Crippen LogP contribution >= 0.6 is 11.8 Å². The Kier molecular flexibility index (Phi) is 14.9. The maximum Gasteiger partial charge on any atom is 0.325 e. The quantitative estimate of drug-likeness (QED) is 0.0870. The molecule has 0 saturated heterocycles. The molecule has 12 nitrogen and oxygen atoms in total. The summed E-state index contributed by atoms with van der Waals surface area (Å²) in [4.78, 5) is 44.5. The Balaban J connectivity index is 1.21. The van der Waals surface area contributed by atoms with Gasteiger partial charge in [0, 0.05) is 43.8 Å². The van der Waals surface area contributed by atoms with E-state index in [9.17, 15) is 29.7 Å². The Morgan fingerprint density at radius 1 is 0.979 bits per heavy atom. The van der Waals surface area contributed by atoms with E-state index in [1.54, 1.807) is 0 Å². The summed E-state index contributed by atoms with van der Waals surface area (Å²) in [6.45, 7) is 8.07. The minimum Gasteiger partial charge on any atom is -0.396 e. The summed E-state index contributed by atoms with van der Waals surface area (Å²) >= 11 is 1.42. The molecule has 13 heteroatoms. The number of allylic oxidation sites excluding steroid dienone is 1. The first-order valence-electron chi connectivity index (χ1n) is 17.8. The van der Waals surface area contributed by atoms with Gasteiger partial charge < -0.3 is 40.1 Å². The smallest absolute Gasteiger partial charge is 0.325 e. The van der Waals surface area contributed by atoms with Gasteiger partial charge in [-0.25, -0.2) is 0 Å². The molecule has 0 aromatic rings. The van der Waals surface area contributed by atoms with Crippen molar-refractivity contribution in [1.82, 2.24) is 5.48 Å². The lowest BCUT2D eigenvalue weighted by Gasteiger charge is -2.60. The molecule has 0 bridgehead atoms. The van der Waals surface area contributed by atoms with E-state index in [-0.39, 0.29) is 54.2 Å². The van der Waals surface area contributed by atoms with Gasteiger partial charge in [-0.15, -0.1) is 11.8 Å². The molecule has 0 aromatic heterocycles. The van der Waals surface area contributed by atoms with Crippen LogP contribution < -0.4 is 11.2 Å². The number of carbonyl (C=O) groups excluding carboxylic acids is 3. The van der Waals surface area contributed by atoms with Crippen LogP contribution in [0.4, 0.5) is 0 Å². The molecule has 6 unspecified atom stereocenters. The van der Waals surface area contributed by atoms with Crippen molar-refractivity contribution in [2.45, 2.75) is 96.2 Å². The summed E-state index contributed by atoms with van der Waals surface area (Å²) in [5, 5.41) is 32.8.